The fourth-order valence-electron chi connectivity index (χ4n) is 6.71. The maximum absolute atomic E-state index is 16.7. The summed E-state index contributed by atoms with van der Waals surface area (Å²) in [5.74, 6) is -0.718. The third kappa shape index (κ3) is 5.75. The van der Waals surface area contributed by atoms with Crippen molar-refractivity contribution in [2.24, 2.45) is 17.3 Å². The van der Waals surface area contributed by atoms with E-state index in [1.807, 2.05) is 25.1 Å². The lowest BCUT2D eigenvalue weighted by Gasteiger charge is -2.27. The van der Waals surface area contributed by atoms with E-state index in [1.54, 1.807) is 24.3 Å². The molecule has 2 atom stereocenters. The molecule has 0 spiro atoms. The zero-order chi connectivity index (χ0) is 30.5. The summed E-state index contributed by atoms with van der Waals surface area (Å²) in [6.07, 6.45) is 3.69. The van der Waals surface area contributed by atoms with Crippen molar-refractivity contribution in [3.05, 3.63) is 54.1 Å². The van der Waals surface area contributed by atoms with Crippen LogP contribution in [0.2, 0.25) is 0 Å². The third-order valence-electron chi connectivity index (χ3n) is 9.10. The van der Waals surface area contributed by atoms with Crippen molar-refractivity contribution in [3.63, 3.8) is 0 Å². The number of fused-ring (bicyclic) bond motifs is 2. The number of anilines is 1. The van der Waals surface area contributed by atoms with Crippen LogP contribution in [0.1, 0.15) is 39.5 Å². The number of phenolic OH excluding ortho intramolecular Hbond substituents is 1. The number of ether oxygens (including phenoxy) is 1. The first kappa shape index (κ1) is 29.2. The lowest BCUT2D eigenvalue weighted by molar-refractivity contribution is 0.183. The fourth-order valence-corrected chi connectivity index (χ4v) is 6.71. The number of nitrogens with one attached hydrogen (secondary N) is 1. The maximum atomic E-state index is 16.7. The molecule has 226 valence electrons. The summed E-state index contributed by atoms with van der Waals surface area (Å²) in [4.78, 5) is 13.4. The Balaban J connectivity index is 1.52. The summed E-state index contributed by atoms with van der Waals surface area (Å²) in [7, 11) is 4.06. The second kappa shape index (κ2) is 11.3. The van der Waals surface area contributed by atoms with E-state index >= 15 is 8.78 Å². The minimum atomic E-state index is -0.835. The van der Waals surface area contributed by atoms with Gasteiger partial charge in [0, 0.05) is 29.6 Å². The minimum Gasteiger partial charge on any atom is -0.508 e. The van der Waals surface area contributed by atoms with E-state index in [2.05, 4.69) is 23.7 Å². The molecular formula is C34H39F2N5O2. The molecule has 1 saturated carbocycles. The van der Waals surface area contributed by atoms with Gasteiger partial charge in [0.2, 0.25) is 0 Å². The lowest BCUT2D eigenvalue weighted by Crippen LogP contribution is -2.32. The van der Waals surface area contributed by atoms with E-state index < -0.39 is 11.6 Å². The topological polar surface area (TPSA) is 85.6 Å². The van der Waals surface area contributed by atoms with E-state index in [4.69, 9.17) is 15.1 Å². The molecule has 9 heteroatoms. The zero-order valence-electron chi connectivity index (χ0n) is 25.3. The molecular weight excluding hydrogens is 548 g/mol. The maximum Gasteiger partial charge on any atom is 0.319 e. The number of aromatic hydroxyl groups is 1. The summed E-state index contributed by atoms with van der Waals surface area (Å²) in [5, 5.41) is 20.6. The fraction of sp³-hybridized carbons (Fsp3) is 0.441. The van der Waals surface area contributed by atoms with Crippen molar-refractivity contribution in [2.45, 2.75) is 39.5 Å². The van der Waals surface area contributed by atoms with Crippen molar-refractivity contribution < 1.29 is 18.6 Å². The normalized spacial score (nSPS) is 20.2. The molecule has 2 unspecified atom stereocenters. The lowest BCUT2D eigenvalue weighted by atomic mass is 9.88. The highest BCUT2D eigenvalue weighted by Gasteiger charge is 2.44. The Kier molecular flexibility index (Phi) is 7.71. The van der Waals surface area contributed by atoms with Crippen LogP contribution in [0.3, 0.4) is 0 Å². The van der Waals surface area contributed by atoms with E-state index in [1.165, 1.54) is 12.1 Å². The average molecular weight is 588 g/mol. The van der Waals surface area contributed by atoms with Crippen LogP contribution < -0.4 is 9.64 Å². The predicted octanol–water partition coefficient (Wildman–Crippen LogP) is 7.05. The van der Waals surface area contributed by atoms with Gasteiger partial charge in [-0.2, -0.15) is 9.97 Å². The highest BCUT2D eigenvalue weighted by Crippen LogP contribution is 2.46. The minimum absolute atomic E-state index is 0.00253. The smallest absolute Gasteiger partial charge is 0.319 e. The van der Waals surface area contributed by atoms with Gasteiger partial charge < -0.3 is 25.1 Å². The molecule has 1 aliphatic heterocycles. The summed E-state index contributed by atoms with van der Waals surface area (Å²) in [5.41, 5.74) is 0.509. The number of hydrogen-bond acceptors (Lipinski definition) is 7. The summed E-state index contributed by atoms with van der Waals surface area (Å²) in [6, 6.07) is 11.5. The van der Waals surface area contributed by atoms with Crippen LogP contribution in [-0.4, -0.2) is 66.0 Å². The Labute approximate surface area is 251 Å². The summed E-state index contributed by atoms with van der Waals surface area (Å²) < 4.78 is 39.0. The van der Waals surface area contributed by atoms with Gasteiger partial charge in [-0.15, -0.1) is 0 Å². The second-order valence-corrected chi connectivity index (χ2v) is 12.8. The van der Waals surface area contributed by atoms with Crippen LogP contribution in [-0.2, 0) is 0 Å². The van der Waals surface area contributed by atoms with Gasteiger partial charge in [0.15, 0.2) is 5.82 Å². The van der Waals surface area contributed by atoms with Gasteiger partial charge >= 0.3 is 6.01 Å². The summed E-state index contributed by atoms with van der Waals surface area (Å²) >= 11 is 0. The van der Waals surface area contributed by atoms with Crippen LogP contribution in [0.5, 0.6) is 11.8 Å². The van der Waals surface area contributed by atoms with Gasteiger partial charge in [0.05, 0.1) is 18.7 Å². The van der Waals surface area contributed by atoms with Gasteiger partial charge in [-0.3, -0.25) is 0 Å². The molecule has 1 aromatic heterocycles. The quantitative estimate of drug-likeness (QED) is 0.230. The SMILES string of the molecule is CCC1CC(=N)CN(c2nc(OCC3(CN(C)C)CC3)nc3c(F)c(-c4cc(O)cc5ccccc45)c(F)cc23)CC1C. The predicted molar refractivity (Wildman–Crippen MR) is 167 cm³/mol. The van der Waals surface area contributed by atoms with Crippen molar-refractivity contribution in [1.29, 1.82) is 5.41 Å². The molecule has 2 N–H and O–H groups in total. The first-order chi connectivity index (χ1) is 20.6. The number of nitrogens with zero attached hydrogens (tertiary/aromatic N) is 4. The van der Waals surface area contributed by atoms with Crippen LogP contribution in [0, 0.1) is 34.3 Å². The molecule has 6 rings (SSSR count). The summed E-state index contributed by atoms with van der Waals surface area (Å²) in [6.45, 7) is 6.46. The Morgan fingerprint density at radius 2 is 1.88 bits per heavy atom. The van der Waals surface area contributed by atoms with Crippen molar-refractivity contribution in [3.8, 4) is 22.9 Å². The van der Waals surface area contributed by atoms with Gasteiger partial charge in [0.25, 0.3) is 0 Å². The van der Waals surface area contributed by atoms with Crippen molar-refractivity contribution in [1.82, 2.24) is 14.9 Å². The van der Waals surface area contributed by atoms with E-state index in [0.29, 0.717) is 54.3 Å². The molecule has 2 heterocycles. The molecule has 0 radical (unpaired) electrons. The van der Waals surface area contributed by atoms with E-state index in [-0.39, 0.29) is 45.1 Å². The molecule has 2 fully saturated rings. The van der Waals surface area contributed by atoms with E-state index in [9.17, 15) is 5.11 Å². The van der Waals surface area contributed by atoms with Gasteiger partial charge in [-0.25, -0.2) is 8.78 Å². The largest absolute Gasteiger partial charge is 0.508 e. The number of aromatic nitrogens is 2. The number of rotatable bonds is 8. The zero-order valence-corrected chi connectivity index (χ0v) is 25.3. The number of halogens is 2. The highest BCUT2D eigenvalue weighted by atomic mass is 19.1. The average Bonchev–Trinajstić information content (AvgIpc) is 3.74. The molecule has 2 aliphatic rings. The molecule has 4 aromatic rings. The number of hydrogen-bond donors (Lipinski definition) is 2. The highest BCUT2D eigenvalue weighted by molar-refractivity contribution is 6.02. The molecule has 43 heavy (non-hydrogen) atoms. The molecule has 0 amide bonds. The first-order valence-corrected chi connectivity index (χ1v) is 15.1. The second-order valence-electron chi connectivity index (χ2n) is 12.8. The Morgan fingerprint density at radius 3 is 2.60 bits per heavy atom. The van der Waals surface area contributed by atoms with Crippen LogP contribution in [0.4, 0.5) is 14.6 Å². The number of phenols is 1. The molecule has 7 nitrogen and oxygen atoms in total. The molecule has 0 bridgehead atoms. The monoisotopic (exact) mass is 587 g/mol. The van der Waals surface area contributed by atoms with Gasteiger partial charge in [0.1, 0.15) is 22.9 Å². The van der Waals surface area contributed by atoms with Gasteiger partial charge in [-0.1, -0.05) is 44.5 Å². The molecule has 1 aliphatic carbocycles. The Bertz CT molecular complexity index is 1700. The Hall–Kier alpha value is -3.85. The van der Waals surface area contributed by atoms with Crippen LogP contribution >= 0.6 is 0 Å². The third-order valence-corrected chi connectivity index (χ3v) is 9.10. The molecule has 1 saturated heterocycles. The van der Waals surface area contributed by atoms with Crippen molar-refractivity contribution in [2.75, 3.05) is 45.2 Å². The Morgan fingerprint density at radius 1 is 1.12 bits per heavy atom. The number of benzene rings is 3. The van der Waals surface area contributed by atoms with Gasteiger partial charge in [-0.05, 0) is 79.7 Å². The van der Waals surface area contributed by atoms with Crippen LogP contribution in [0.15, 0.2) is 42.5 Å². The first-order valence-electron chi connectivity index (χ1n) is 15.1. The van der Waals surface area contributed by atoms with Crippen LogP contribution in [0.25, 0.3) is 32.8 Å². The molecule has 3 aromatic carbocycles. The van der Waals surface area contributed by atoms with E-state index in [0.717, 1.165) is 25.8 Å². The standard InChI is InChI=1S/C34H39F2N5O2/c1-5-21-12-23(37)17-41(16-20(21)2)32-27-15-28(35)29(26-14-24(42)13-22-8-6-7-9-25(22)26)30(36)31(27)38-33(39-32)43-19-34(10-11-34)18-40(3)4/h6-9,13-15,20-21,37,42H,5,10-12,16-19H2,1-4H3. The van der Waals surface area contributed by atoms with Crippen molar-refractivity contribution >= 4 is 33.2 Å².